The SMILES string of the molecule is COc1cccc(CNC2=NC(c3ccccc3)C(c3ccccc3)N2)c1. The molecule has 4 rings (SSSR count). The van der Waals surface area contributed by atoms with Gasteiger partial charge in [-0.2, -0.15) is 0 Å². The Balaban J connectivity index is 1.54. The minimum Gasteiger partial charge on any atom is -0.497 e. The lowest BCUT2D eigenvalue weighted by Gasteiger charge is -2.19. The number of ether oxygens (including phenoxy) is 1. The molecule has 27 heavy (non-hydrogen) atoms. The molecule has 0 radical (unpaired) electrons. The van der Waals surface area contributed by atoms with Gasteiger partial charge in [0.05, 0.1) is 13.2 Å². The summed E-state index contributed by atoms with van der Waals surface area (Å²) in [5.74, 6) is 1.68. The summed E-state index contributed by atoms with van der Waals surface area (Å²) in [6, 6.07) is 29.1. The summed E-state index contributed by atoms with van der Waals surface area (Å²) in [7, 11) is 1.68. The smallest absolute Gasteiger partial charge is 0.192 e. The standard InChI is InChI=1S/C23H23N3O/c1-27-20-14-8-9-17(15-20)16-24-23-25-21(18-10-4-2-5-11-18)22(26-23)19-12-6-3-7-13-19/h2-15,21-22H,16H2,1H3,(H2,24,25,26). The second kappa shape index (κ2) is 7.96. The van der Waals surface area contributed by atoms with Gasteiger partial charge in [-0.3, -0.25) is 0 Å². The molecule has 0 fully saturated rings. The van der Waals surface area contributed by atoms with Crippen molar-refractivity contribution < 1.29 is 4.74 Å². The highest BCUT2D eigenvalue weighted by Gasteiger charge is 2.31. The Morgan fingerprint density at radius 1 is 0.889 bits per heavy atom. The maximum absolute atomic E-state index is 5.30. The van der Waals surface area contributed by atoms with Gasteiger partial charge < -0.3 is 15.4 Å². The molecule has 0 bridgehead atoms. The average molecular weight is 357 g/mol. The summed E-state index contributed by atoms with van der Waals surface area (Å²) in [6.07, 6.45) is 0. The molecule has 1 aliphatic heterocycles. The lowest BCUT2D eigenvalue weighted by Crippen LogP contribution is -2.35. The van der Waals surface area contributed by atoms with E-state index in [1.807, 2.05) is 30.3 Å². The van der Waals surface area contributed by atoms with Gasteiger partial charge in [-0.05, 0) is 28.8 Å². The van der Waals surface area contributed by atoms with Gasteiger partial charge in [-0.25, -0.2) is 4.99 Å². The number of methoxy groups -OCH3 is 1. The lowest BCUT2D eigenvalue weighted by molar-refractivity contribution is 0.414. The fourth-order valence-electron chi connectivity index (χ4n) is 3.39. The molecular formula is C23H23N3O. The summed E-state index contributed by atoms with van der Waals surface area (Å²) >= 11 is 0. The molecule has 2 unspecified atom stereocenters. The number of aliphatic imine (C=N–C) groups is 1. The van der Waals surface area contributed by atoms with Crippen molar-refractivity contribution in [1.29, 1.82) is 0 Å². The van der Waals surface area contributed by atoms with Crippen molar-refractivity contribution in [3.63, 3.8) is 0 Å². The first kappa shape index (κ1) is 17.2. The van der Waals surface area contributed by atoms with Gasteiger partial charge >= 0.3 is 0 Å². The first-order valence-electron chi connectivity index (χ1n) is 9.14. The van der Waals surface area contributed by atoms with Crippen LogP contribution in [0.1, 0.15) is 28.8 Å². The summed E-state index contributed by atoms with van der Waals surface area (Å²) in [6.45, 7) is 0.687. The van der Waals surface area contributed by atoms with E-state index in [1.54, 1.807) is 7.11 Å². The van der Waals surface area contributed by atoms with Gasteiger partial charge in [0.1, 0.15) is 11.8 Å². The normalized spacial score (nSPS) is 18.5. The van der Waals surface area contributed by atoms with Crippen LogP contribution in [0, 0.1) is 0 Å². The van der Waals surface area contributed by atoms with E-state index in [-0.39, 0.29) is 12.1 Å². The highest BCUT2D eigenvalue weighted by atomic mass is 16.5. The van der Waals surface area contributed by atoms with Crippen molar-refractivity contribution >= 4 is 5.96 Å². The molecule has 1 heterocycles. The first-order valence-corrected chi connectivity index (χ1v) is 9.14. The number of nitrogens with one attached hydrogen (secondary N) is 2. The van der Waals surface area contributed by atoms with Crippen LogP contribution < -0.4 is 15.4 Å². The Hall–Kier alpha value is -3.27. The Kier molecular flexibility index (Phi) is 5.06. The van der Waals surface area contributed by atoms with E-state index < -0.39 is 0 Å². The monoisotopic (exact) mass is 357 g/mol. The van der Waals surface area contributed by atoms with E-state index in [1.165, 1.54) is 11.1 Å². The molecule has 136 valence electrons. The van der Waals surface area contributed by atoms with E-state index in [4.69, 9.17) is 9.73 Å². The predicted molar refractivity (Wildman–Crippen MR) is 109 cm³/mol. The Bertz CT molecular complexity index is 909. The molecule has 3 aromatic rings. The fraction of sp³-hybridized carbons (Fsp3) is 0.174. The average Bonchev–Trinajstić information content (AvgIpc) is 3.18. The van der Waals surface area contributed by atoms with E-state index in [0.29, 0.717) is 6.54 Å². The van der Waals surface area contributed by atoms with E-state index in [0.717, 1.165) is 17.3 Å². The Morgan fingerprint density at radius 3 is 2.30 bits per heavy atom. The molecule has 2 N–H and O–H groups in total. The topological polar surface area (TPSA) is 45.6 Å². The van der Waals surface area contributed by atoms with Crippen LogP contribution in [0.25, 0.3) is 0 Å². The zero-order chi connectivity index (χ0) is 18.5. The molecule has 3 aromatic carbocycles. The fourth-order valence-corrected chi connectivity index (χ4v) is 3.39. The quantitative estimate of drug-likeness (QED) is 0.718. The third-order valence-electron chi connectivity index (χ3n) is 4.77. The zero-order valence-corrected chi connectivity index (χ0v) is 15.3. The summed E-state index contributed by atoms with van der Waals surface area (Å²) in [5, 5.41) is 6.99. The van der Waals surface area contributed by atoms with Crippen LogP contribution in [0.5, 0.6) is 5.75 Å². The minimum absolute atomic E-state index is 0.0430. The maximum atomic E-state index is 5.30. The minimum atomic E-state index is 0.0430. The number of guanidine groups is 1. The number of rotatable bonds is 5. The van der Waals surface area contributed by atoms with Crippen molar-refractivity contribution in [3.05, 3.63) is 102 Å². The molecule has 0 amide bonds. The number of hydrogen-bond acceptors (Lipinski definition) is 4. The number of nitrogens with zero attached hydrogens (tertiary/aromatic N) is 1. The van der Waals surface area contributed by atoms with Crippen LogP contribution in [-0.2, 0) is 6.54 Å². The van der Waals surface area contributed by atoms with Crippen LogP contribution in [0.2, 0.25) is 0 Å². The highest BCUT2D eigenvalue weighted by molar-refractivity contribution is 5.82. The van der Waals surface area contributed by atoms with E-state index in [2.05, 4.69) is 65.2 Å². The molecule has 0 saturated heterocycles. The molecule has 0 spiro atoms. The Morgan fingerprint density at radius 2 is 1.59 bits per heavy atom. The third kappa shape index (κ3) is 3.95. The van der Waals surface area contributed by atoms with Crippen molar-refractivity contribution in [1.82, 2.24) is 10.6 Å². The molecule has 4 heteroatoms. The van der Waals surface area contributed by atoms with Crippen molar-refractivity contribution in [2.45, 2.75) is 18.6 Å². The molecule has 0 saturated carbocycles. The number of benzene rings is 3. The van der Waals surface area contributed by atoms with Crippen molar-refractivity contribution in [2.75, 3.05) is 7.11 Å². The second-order valence-corrected chi connectivity index (χ2v) is 6.57. The second-order valence-electron chi connectivity index (χ2n) is 6.57. The van der Waals surface area contributed by atoms with Gasteiger partial charge in [0.15, 0.2) is 5.96 Å². The van der Waals surface area contributed by atoms with Crippen LogP contribution in [0.4, 0.5) is 0 Å². The van der Waals surface area contributed by atoms with Crippen molar-refractivity contribution in [3.8, 4) is 5.75 Å². The summed E-state index contributed by atoms with van der Waals surface area (Å²) in [5.41, 5.74) is 3.59. The van der Waals surface area contributed by atoms with Crippen LogP contribution in [0.15, 0.2) is 89.9 Å². The van der Waals surface area contributed by atoms with Gasteiger partial charge in [0, 0.05) is 6.54 Å². The van der Waals surface area contributed by atoms with E-state index in [9.17, 15) is 0 Å². The lowest BCUT2D eigenvalue weighted by atomic mass is 9.95. The van der Waals surface area contributed by atoms with Gasteiger partial charge in [-0.1, -0.05) is 72.8 Å². The third-order valence-corrected chi connectivity index (χ3v) is 4.77. The molecule has 0 aliphatic carbocycles. The zero-order valence-electron chi connectivity index (χ0n) is 15.3. The predicted octanol–water partition coefficient (Wildman–Crippen LogP) is 4.23. The molecule has 1 aliphatic rings. The van der Waals surface area contributed by atoms with Crippen LogP contribution in [-0.4, -0.2) is 13.1 Å². The van der Waals surface area contributed by atoms with Crippen molar-refractivity contribution in [2.24, 2.45) is 4.99 Å². The van der Waals surface area contributed by atoms with E-state index >= 15 is 0 Å². The Labute approximate surface area is 159 Å². The van der Waals surface area contributed by atoms with Crippen LogP contribution in [0.3, 0.4) is 0 Å². The van der Waals surface area contributed by atoms with Gasteiger partial charge in [-0.15, -0.1) is 0 Å². The maximum Gasteiger partial charge on any atom is 0.192 e. The summed E-state index contributed by atoms with van der Waals surface area (Å²) < 4.78 is 5.30. The summed E-state index contributed by atoms with van der Waals surface area (Å²) in [4.78, 5) is 4.94. The first-order chi connectivity index (χ1) is 13.3. The van der Waals surface area contributed by atoms with Gasteiger partial charge in [0.25, 0.3) is 0 Å². The highest BCUT2D eigenvalue weighted by Crippen LogP contribution is 2.35. The largest absolute Gasteiger partial charge is 0.497 e. The molecule has 4 nitrogen and oxygen atoms in total. The molecule has 2 atom stereocenters. The molecule has 0 aromatic heterocycles. The number of hydrogen-bond donors (Lipinski definition) is 2. The molecular weight excluding hydrogens is 334 g/mol. The van der Waals surface area contributed by atoms with Gasteiger partial charge in [0.2, 0.25) is 0 Å². The van der Waals surface area contributed by atoms with Crippen LogP contribution >= 0.6 is 0 Å².